The highest BCUT2D eigenvalue weighted by atomic mass is 32.2. The Morgan fingerprint density at radius 2 is 2.00 bits per heavy atom. The SMILES string of the molecule is Cc1nc(C(N)=O)sc1S(=O)(=O)NC(C)(CO)CO. The van der Waals surface area contributed by atoms with E-state index in [0.717, 1.165) is 0 Å². The molecule has 1 aromatic rings. The summed E-state index contributed by atoms with van der Waals surface area (Å²) < 4.78 is 26.2. The van der Waals surface area contributed by atoms with E-state index in [1.807, 2.05) is 0 Å². The van der Waals surface area contributed by atoms with E-state index in [2.05, 4.69) is 9.71 Å². The van der Waals surface area contributed by atoms with E-state index in [4.69, 9.17) is 15.9 Å². The molecule has 19 heavy (non-hydrogen) atoms. The number of thiazole rings is 1. The van der Waals surface area contributed by atoms with Crippen LogP contribution in [-0.4, -0.2) is 48.3 Å². The number of nitrogens with one attached hydrogen (secondary N) is 1. The summed E-state index contributed by atoms with van der Waals surface area (Å²) in [7, 11) is -4.01. The number of aromatic nitrogens is 1. The van der Waals surface area contributed by atoms with Crippen LogP contribution < -0.4 is 10.5 Å². The van der Waals surface area contributed by atoms with Gasteiger partial charge in [0, 0.05) is 0 Å². The molecule has 0 unspecified atom stereocenters. The number of nitrogens with two attached hydrogens (primary N) is 1. The summed E-state index contributed by atoms with van der Waals surface area (Å²) in [5.74, 6) is -0.818. The quantitative estimate of drug-likeness (QED) is 0.507. The van der Waals surface area contributed by atoms with Gasteiger partial charge in [0.25, 0.3) is 15.9 Å². The van der Waals surface area contributed by atoms with Crippen LogP contribution in [0.4, 0.5) is 0 Å². The molecule has 108 valence electrons. The summed E-state index contributed by atoms with van der Waals surface area (Å²) >= 11 is 0.637. The van der Waals surface area contributed by atoms with Gasteiger partial charge >= 0.3 is 0 Å². The number of carbonyl (C=O) groups excluding carboxylic acids is 1. The number of nitrogens with zero attached hydrogens (tertiary/aromatic N) is 1. The molecule has 0 aromatic carbocycles. The average molecular weight is 309 g/mol. The number of primary amides is 1. The van der Waals surface area contributed by atoms with E-state index >= 15 is 0 Å². The number of hydrogen-bond acceptors (Lipinski definition) is 7. The van der Waals surface area contributed by atoms with Gasteiger partial charge in [-0.1, -0.05) is 11.3 Å². The van der Waals surface area contributed by atoms with Crippen LogP contribution in [-0.2, 0) is 10.0 Å². The third kappa shape index (κ3) is 3.48. The van der Waals surface area contributed by atoms with Gasteiger partial charge in [-0.05, 0) is 13.8 Å². The van der Waals surface area contributed by atoms with E-state index in [1.165, 1.54) is 13.8 Å². The van der Waals surface area contributed by atoms with Crippen LogP contribution in [0.3, 0.4) is 0 Å². The van der Waals surface area contributed by atoms with Gasteiger partial charge in [-0.2, -0.15) is 4.72 Å². The minimum Gasteiger partial charge on any atom is -0.394 e. The second kappa shape index (κ2) is 5.51. The van der Waals surface area contributed by atoms with E-state index in [-0.39, 0.29) is 14.9 Å². The molecule has 1 rings (SSSR count). The standard InChI is InChI=1S/C9H15N3O5S2/c1-5-8(18-7(11-5)6(10)15)19(16,17)12-9(2,3-13)4-14/h12-14H,3-4H2,1-2H3,(H2,10,15). The highest BCUT2D eigenvalue weighted by Gasteiger charge is 2.32. The van der Waals surface area contributed by atoms with Crippen LogP contribution in [0.15, 0.2) is 4.21 Å². The first-order valence-electron chi connectivity index (χ1n) is 5.18. The maximum atomic E-state index is 12.1. The molecule has 0 aliphatic carbocycles. The first-order chi connectivity index (χ1) is 8.65. The zero-order valence-corrected chi connectivity index (χ0v) is 12.0. The Bertz CT molecular complexity index is 577. The van der Waals surface area contributed by atoms with Gasteiger partial charge < -0.3 is 15.9 Å². The lowest BCUT2D eigenvalue weighted by Gasteiger charge is -2.25. The van der Waals surface area contributed by atoms with Crippen molar-refractivity contribution in [2.24, 2.45) is 5.73 Å². The Morgan fingerprint density at radius 3 is 2.37 bits per heavy atom. The molecular formula is C9H15N3O5S2. The molecule has 0 aliphatic heterocycles. The zero-order valence-electron chi connectivity index (χ0n) is 10.4. The van der Waals surface area contributed by atoms with Gasteiger partial charge in [-0.25, -0.2) is 13.4 Å². The second-order valence-electron chi connectivity index (χ2n) is 4.24. The Kier molecular flexibility index (Phi) is 4.63. The van der Waals surface area contributed by atoms with Gasteiger partial charge in [-0.3, -0.25) is 4.79 Å². The van der Waals surface area contributed by atoms with Crippen molar-refractivity contribution in [3.63, 3.8) is 0 Å². The molecule has 10 heteroatoms. The van der Waals surface area contributed by atoms with Crippen molar-refractivity contribution in [2.75, 3.05) is 13.2 Å². The maximum absolute atomic E-state index is 12.1. The second-order valence-corrected chi connectivity index (χ2v) is 7.12. The molecule has 1 amide bonds. The van der Waals surface area contributed by atoms with Gasteiger partial charge in [0.2, 0.25) is 0 Å². The van der Waals surface area contributed by atoms with Crippen molar-refractivity contribution in [3.05, 3.63) is 10.7 Å². The summed E-state index contributed by atoms with van der Waals surface area (Å²) in [4.78, 5) is 14.7. The van der Waals surface area contributed by atoms with Gasteiger partial charge in [-0.15, -0.1) is 0 Å². The summed E-state index contributed by atoms with van der Waals surface area (Å²) in [6.07, 6.45) is 0. The molecule has 0 bridgehead atoms. The van der Waals surface area contributed by atoms with Crippen molar-refractivity contribution in [2.45, 2.75) is 23.6 Å². The zero-order chi connectivity index (χ0) is 14.8. The monoisotopic (exact) mass is 309 g/mol. The molecule has 1 heterocycles. The van der Waals surface area contributed by atoms with Crippen molar-refractivity contribution in [3.8, 4) is 0 Å². The molecule has 0 aliphatic rings. The summed E-state index contributed by atoms with van der Waals surface area (Å²) in [6.45, 7) is 1.61. The largest absolute Gasteiger partial charge is 0.394 e. The predicted molar refractivity (Wildman–Crippen MR) is 68.3 cm³/mol. The molecule has 5 N–H and O–H groups in total. The van der Waals surface area contributed by atoms with E-state index in [9.17, 15) is 13.2 Å². The Hall–Kier alpha value is -1.07. The highest BCUT2D eigenvalue weighted by molar-refractivity contribution is 7.91. The Labute approximate surface area is 114 Å². The number of hydrogen-bond donors (Lipinski definition) is 4. The van der Waals surface area contributed by atoms with Crippen molar-refractivity contribution in [1.82, 2.24) is 9.71 Å². The minimum absolute atomic E-state index is 0.118. The summed E-state index contributed by atoms with van der Waals surface area (Å²) in [6, 6.07) is 0. The smallest absolute Gasteiger partial charge is 0.277 e. The number of amides is 1. The topological polar surface area (TPSA) is 143 Å². The van der Waals surface area contributed by atoms with Crippen LogP contribution in [0.25, 0.3) is 0 Å². The molecule has 0 fully saturated rings. The average Bonchev–Trinajstić information content (AvgIpc) is 2.71. The Morgan fingerprint density at radius 1 is 1.47 bits per heavy atom. The molecule has 0 radical (unpaired) electrons. The Balaban J connectivity index is 3.18. The van der Waals surface area contributed by atoms with Crippen LogP contribution in [0.5, 0.6) is 0 Å². The third-order valence-electron chi connectivity index (χ3n) is 2.29. The van der Waals surface area contributed by atoms with Crippen molar-refractivity contribution in [1.29, 1.82) is 0 Å². The van der Waals surface area contributed by atoms with Crippen LogP contribution in [0.1, 0.15) is 22.4 Å². The lowest BCUT2D eigenvalue weighted by Crippen LogP contribution is -2.51. The van der Waals surface area contributed by atoms with E-state index in [1.54, 1.807) is 0 Å². The minimum atomic E-state index is -4.01. The number of sulfonamides is 1. The number of carbonyl (C=O) groups is 1. The molecular weight excluding hydrogens is 294 g/mol. The molecule has 0 saturated heterocycles. The van der Waals surface area contributed by atoms with E-state index < -0.39 is 34.7 Å². The fourth-order valence-electron chi connectivity index (χ4n) is 1.22. The lowest BCUT2D eigenvalue weighted by atomic mass is 10.1. The van der Waals surface area contributed by atoms with Crippen LogP contribution in [0, 0.1) is 6.92 Å². The van der Waals surface area contributed by atoms with Gasteiger partial charge in [0.15, 0.2) is 9.22 Å². The fraction of sp³-hybridized carbons (Fsp3) is 0.556. The first-order valence-corrected chi connectivity index (χ1v) is 7.48. The molecule has 8 nitrogen and oxygen atoms in total. The number of aliphatic hydroxyl groups is 2. The fourth-order valence-corrected chi connectivity index (χ4v) is 3.98. The van der Waals surface area contributed by atoms with Crippen molar-refractivity contribution < 1.29 is 23.4 Å². The van der Waals surface area contributed by atoms with Crippen LogP contribution >= 0.6 is 11.3 Å². The first kappa shape index (κ1) is 16.0. The van der Waals surface area contributed by atoms with Crippen molar-refractivity contribution >= 4 is 27.3 Å². The number of rotatable bonds is 6. The van der Waals surface area contributed by atoms with Gasteiger partial charge in [0.05, 0.1) is 24.4 Å². The number of aliphatic hydroxyl groups excluding tert-OH is 2. The predicted octanol–water partition coefficient (Wildman–Crippen LogP) is -1.43. The molecule has 0 spiro atoms. The normalized spacial score (nSPS) is 12.6. The van der Waals surface area contributed by atoms with E-state index in [0.29, 0.717) is 11.3 Å². The van der Waals surface area contributed by atoms with Gasteiger partial charge in [0.1, 0.15) is 0 Å². The molecule has 0 atom stereocenters. The highest BCUT2D eigenvalue weighted by Crippen LogP contribution is 2.24. The van der Waals surface area contributed by atoms with Crippen LogP contribution in [0.2, 0.25) is 0 Å². The summed E-state index contributed by atoms with van der Waals surface area (Å²) in [5, 5.41) is 18.1. The lowest BCUT2D eigenvalue weighted by molar-refractivity contribution is 0.0999. The molecule has 1 aromatic heterocycles. The summed E-state index contributed by atoms with van der Waals surface area (Å²) in [5.41, 5.74) is 3.76. The molecule has 0 saturated carbocycles. The number of aryl methyl sites for hydroxylation is 1. The third-order valence-corrected chi connectivity index (χ3v) is 5.71. The maximum Gasteiger partial charge on any atom is 0.277 e.